The van der Waals surface area contributed by atoms with E-state index in [0.29, 0.717) is 17.2 Å². The first-order valence-electron chi connectivity index (χ1n) is 8.38. The van der Waals surface area contributed by atoms with Crippen molar-refractivity contribution in [1.29, 1.82) is 0 Å². The molecule has 1 aliphatic rings. The number of anilines is 1. The summed E-state index contributed by atoms with van der Waals surface area (Å²) in [6.07, 6.45) is 3.38. The molecule has 0 aliphatic heterocycles. The molecule has 5 heteroatoms. The van der Waals surface area contributed by atoms with Crippen molar-refractivity contribution in [3.63, 3.8) is 0 Å². The fourth-order valence-electron chi connectivity index (χ4n) is 3.14. The van der Waals surface area contributed by atoms with Crippen molar-refractivity contribution in [2.45, 2.75) is 26.2 Å². The van der Waals surface area contributed by atoms with Gasteiger partial charge in [-0.1, -0.05) is 6.07 Å². The molecule has 0 unspecified atom stereocenters. The lowest BCUT2D eigenvalue weighted by molar-refractivity contribution is -0.118. The Morgan fingerprint density at radius 2 is 1.72 bits per heavy atom. The quantitative estimate of drug-likeness (QED) is 0.873. The van der Waals surface area contributed by atoms with Crippen LogP contribution in [0.25, 0.3) is 0 Å². The summed E-state index contributed by atoms with van der Waals surface area (Å²) in [4.78, 5) is 12.2. The van der Waals surface area contributed by atoms with Gasteiger partial charge in [0.05, 0.1) is 14.2 Å². The number of nitrogens with one attached hydrogen (secondary N) is 1. The predicted octanol–water partition coefficient (Wildman–Crippen LogP) is 3.52. The minimum Gasteiger partial charge on any atom is -0.493 e. The molecule has 1 amide bonds. The van der Waals surface area contributed by atoms with E-state index in [2.05, 4.69) is 11.4 Å². The smallest absolute Gasteiger partial charge is 0.262 e. The lowest BCUT2D eigenvalue weighted by Gasteiger charge is -2.15. The van der Waals surface area contributed by atoms with E-state index in [9.17, 15) is 4.79 Å². The van der Waals surface area contributed by atoms with Crippen molar-refractivity contribution in [1.82, 2.24) is 0 Å². The van der Waals surface area contributed by atoms with E-state index < -0.39 is 0 Å². The van der Waals surface area contributed by atoms with Crippen LogP contribution in [-0.2, 0) is 17.6 Å². The van der Waals surface area contributed by atoms with Crippen LogP contribution >= 0.6 is 0 Å². The van der Waals surface area contributed by atoms with Crippen molar-refractivity contribution in [3.8, 4) is 17.2 Å². The van der Waals surface area contributed by atoms with Gasteiger partial charge in [-0.3, -0.25) is 4.79 Å². The van der Waals surface area contributed by atoms with E-state index in [0.717, 1.165) is 24.1 Å². The number of carbonyl (C=O) groups excluding carboxylic acids is 1. The standard InChI is InChI=1S/C20H23NO4/c1-13-9-17(23-2)20(18(10-13)24-3)25-12-19(22)21-16-8-7-14-5-4-6-15(14)11-16/h7-11H,4-6,12H2,1-3H3,(H,21,22). The zero-order valence-corrected chi connectivity index (χ0v) is 14.8. The first-order valence-corrected chi connectivity index (χ1v) is 8.38. The molecule has 0 aromatic heterocycles. The summed E-state index contributed by atoms with van der Waals surface area (Å²) in [5, 5.41) is 2.88. The molecule has 0 spiro atoms. The van der Waals surface area contributed by atoms with Gasteiger partial charge in [-0.05, 0) is 67.1 Å². The molecule has 0 fully saturated rings. The third-order valence-corrected chi connectivity index (χ3v) is 4.33. The van der Waals surface area contributed by atoms with Crippen molar-refractivity contribution < 1.29 is 19.0 Å². The minimum atomic E-state index is -0.220. The average Bonchev–Trinajstić information content (AvgIpc) is 3.07. The zero-order chi connectivity index (χ0) is 17.8. The second kappa shape index (κ2) is 7.47. The number of hydrogen-bond donors (Lipinski definition) is 1. The van der Waals surface area contributed by atoms with Crippen molar-refractivity contribution in [2.75, 3.05) is 26.1 Å². The Labute approximate surface area is 147 Å². The molecule has 2 aromatic rings. The van der Waals surface area contributed by atoms with Gasteiger partial charge < -0.3 is 19.5 Å². The molecular weight excluding hydrogens is 318 g/mol. The van der Waals surface area contributed by atoms with Crippen LogP contribution in [0, 0.1) is 6.92 Å². The van der Waals surface area contributed by atoms with Gasteiger partial charge in [-0.2, -0.15) is 0 Å². The molecule has 2 aromatic carbocycles. The summed E-state index contributed by atoms with van der Waals surface area (Å²) < 4.78 is 16.3. The molecular formula is C20H23NO4. The van der Waals surface area contributed by atoms with Crippen molar-refractivity contribution in [3.05, 3.63) is 47.0 Å². The van der Waals surface area contributed by atoms with Crippen LogP contribution < -0.4 is 19.5 Å². The summed E-state index contributed by atoms with van der Waals surface area (Å²) in [5.41, 5.74) is 4.49. The van der Waals surface area contributed by atoms with Gasteiger partial charge in [0.2, 0.25) is 5.75 Å². The Morgan fingerprint density at radius 1 is 1.04 bits per heavy atom. The summed E-state index contributed by atoms with van der Waals surface area (Å²) in [6, 6.07) is 9.76. The van der Waals surface area contributed by atoms with E-state index in [1.165, 1.54) is 17.5 Å². The molecule has 0 saturated heterocycles. The number of methoxy groups -OCH3 is 2. The number of benzene rings is 2. The summed E-state index contributed by atoms with van der Waals surface area (Å²) in [7, 11) is 3.12. The maximum absolute atomic E-state index is 12.2. The Morgan fingerprint density at radius 3 is 2.40 bits per heavy atom. The third-order valence-electron chi connectivity index (χ3n) is 4.33. The van der Waals surface area contributed by atoms with Gasteiger partial charge in [0.1, 0.15) is 0 Å². The van der Waals surface area contributed by atoms with E-state index >= 15 is 0 Å². The number of ether oxygens (including phenoxy) is 3. The number of hydrogen-bond acceptors (Lipinski definition) is 4. The average molecular weight is 341 g/mol. The lowest BCUT2D eigenvalue weighted by atomic mass is 10.1. The van der Waals surface area contributed by atoms with Crippen LogP contribution in [0.2, 0.25) is 0 Å². The first kappa shape index (κ1) is 17.1. The summed E-state index contributed by atoms with van der Waals surface area (Å²) >= 11 is 0. The summed E-state index contributed by atoms with van der Waals surface area (Å²) in [6.45, 7) is 1.82. The van der Waals surface area contributed by atoms with E-state index in [-0.39, 0.29) is 12.5 Å². The molecule has 3 rings (SSSR count). The highest BCUT2D eigenvalue weighted by Crippen LogP contribution is 2.38. The molecule has 0 saturated carbocycles. The number of carbonyl (C=O) groups is 1. The predicted molar refractivity (Wildman–Crippen MR) is 96.9 cm³/mol. The molecule has 132 valence electrons. The second-order valence-corrected chi connectivity index (χ2v) is 6.17. The zero-order valence-electron chi connectivity index (χ0n) is 14.8. The topological polar surface area (TPSA) is 56.8 Å². The van der Waals surface area contributed by atoms with Gasteiger partial charge in [0.15, 0.2) is 18.1 Å². The van der Waals surface area contributed by atoms with Crippen LogP contribution in [0.15, 0.2) is 30.3 Å². The van der Waals surface area contributed by atoms with E-state index in [1.54, 1.807) is 14.2 Å². The normalized spacial score (nSPS) is 12.4. The maximum atomic E-state index is 12.2. The number of aryl methyl sites for hydroxylation is 3. The van der Waals surface area contributed by atoms with Crippen LogP contribution in [-0.4, -0.2) is 26.7 Å². The molecule has 25 heavy (non-hydrogen) atoms. The van der Waals surface area contributed by atoms with Crippen LogP contribution in [0.4, 0.5) is 5.69 Å². The molecule has 1 aliphatic carbocycles. The fraction of sp³-hybridized carbons (Fsp3) is 0.350. The van der Waals surface area contributed by atoms with E-state index in [4.69, 9.17) is 14.2 Å². The number of fused-ring (bicyclic) bond motifs is 1. The number of rotatable bonds is 6. The van der Waals surface area contributed by atoms with Crippen LogP contribution in [0.3, 0.4) is 0 Å². The highest BCUT2D eigenvalue weighted by Gasteiger charge is 2.16. The van der Waals surface area contributed by atoms with Crippen LogP contribution in [0.5, 0.6) is 17.2 Å². The summed E-state index contributed by atoms with van der Waals surface area (Å²) in [5.74, 6) is 1.30. The highest BCUT2D eigenvalue weighted by molar-refractivity contribution is 5.92. The third kappa shape index (κ3) is 3.87. The SMILES string of the molecule is COc1cc(C)cc(OC)c1OCC(=O)Nc1ccc2c(c1)CCC2. The van der Waals surface area contributed by atoms with Crippen LogP contribution in [0.1, 0.15) is 23.1 Å². The molecule has 5 nitrogen and oxygen atoms in total. The molecule has 0 bridgehead atoms. The Balaban J connectivity index is 1.66. The van der Waals surface area contributed by atoms with Crippen molar-refractivity contribution >= 4 is 11.6 Å². The van der Waals surface area contributed by atoms with Gasteiger partial charge in [0, 0.05) is 5.69 Å². The van der Waals surface area contributed by atoms with E-state index in [1.807, 2.05) is 31.2 Å². The van der Waals surface area contributed by atoms with Gasteiger partial charge in [-0.25, -0.2) is 0 Å². The second-order valence-electron chi connectivity index (χ2n) is 6.17. The Kier molecular flexibility index (Phi) is 5.12. The number of amides is 1. The fourth-order valence-corrected chi connectivity index (χ4v) is 3.14. The molecule has 0 atom stereocenters. The molecule has 0 radical (unpaired) electrons. The van der Waals surface area contributed by atoms with Gasteiger partial charge in [-0.15, -0.1) is 0 Å². The van der Waals surface area contributed by atoms with Crippen molar-refractivity contribution in [2.24, 2.45) is 0 Å². The monoisotopic (exact) mass is 341 g/mol. The molecule has 1 N–H and O–H groups in total. The lowest BCUT2D eigenvalue weighted by Crippen LogP contribution is -2.20. The Bertz CT molecular complexity index is 760. The van der Waals surface area contributed by atoms with Gasteiger partial charge in [0.25, 0.3) is 5.91 Å². The first-order chi connectivity index (χ1) is 12.1. The van der Waals surface area contributed by atoms with Gasteiger partial charge >= 0.3 is 0 Å². The minimum absolute atomic E-state index is 0.118. The molecule has 0 heterocycles. The maximum Gasteiger partial charge on any atom is 0.262 e. The Hall–Kier alpha value is -2.69. The largest absolute Gasteiger partial charge is 0.493 e. The highest BCUT2D eigenvalue weighted by atomic mass is 16.5.